The van der Waals surface area contributed by atoms with Crippen molar-refractivity contribution < 1.29 is 27.9 Å². The van der Waals surface area contributed by atoms with Gasteiger partial charge in [-0.05, 0) is 62.3 Å². The zero-order valence-corrected chi connectivity index (χ0v) is 22.5. The highest BCUT2D eigenvalue weighted by atomic mass is 19.4. The Morgan fingerprint density at radius 3 is 2.67 bits per heavy atom. The zero-order valence-electron chi connectivity index (χ0n) is 22.5. The van der Waals surface area contributed by atoms with E-state index in [2.05, 4.69) is 15.4 Å². The van der Waals surface area contributed by atoms with Gasteiger partial charge in [0.05, 0.1) is 16.8 Å². The normalized spacial score (nSPS) is 16.9. The molecule has 4 N–H and O–H groups in total. The third kappa shape index (κ3) is 5.24. The first-order valence-corrected chi connectivity index (χ1v) is 13.7. The lowest BCUT2D eigenvalue weighted by molar-refractivity contribution is -0.137. The Bertz CT molecular complexity index is 1450. The van der Waals surface area contributed by atoms with Crippen LogP contribution in [-0.4, -0.2) is 55.1 Å². The summed E-state index contributed by atoms with van der Waals surface area (Å²) in [4.78, 5) is 32.4. The van der Waals surface area contributed by atoms with E-state index in [4.69, 9.17) is 5.73 Å². The number of nitrogen functional groups attached to an aromatic ring is 1. The number of fused-ring (bicyclic) bond motifs is 2. The number of alkyl halides is 3. The number of carbonyl (C=O) groups excluding carboxylic acids is 2. The van der Waals surface area contributed by atoms with Gasteiger partial charge >= 0.3 is 6.18 Å². The second-order valence-electron chi connectivity index (χ2n) is 10.7. The molecule has 12 heteroatoms. The first-order valence-electron chi connectivity index (χ1n) is 13.7. The van der Waals surface area contributed by atoms with Crippen molar-refractivity contribution in [2.75, 3.05) is 12.3 Å². The van der Waals surface area contributed by atoms with Crippen LogP contribution in [0.2, 0.25) is 0 Å². The molecule has 0 radical (unpaired) electrons. The summed E-state index contributed by atoms with van der Waals surface area (Å²) in [5.74, 6) is -0.876. The molecule has 1 aromatic carbocycles. The van der Waals surface area contributed by atoms with Gasteiger partial charge in [0.15, 0.2) is 11.5 Å². The van der Waals surface area contributed by atoms with E-state index in [-0.39, 0.29) is 59.1 Å². The summed E-state index contributed by atoms with van der Waals surface area (Å²) in [5.41, 5.74) is 5.54. The number of hydrogen-bond acceptors (Lipinski definition) is 6. The monoisotopic (exact) mass is 558 g/mol. The van der Waals surface area contributed by atoms with Gasteiger partial charge in [-0.1, -0.05) is 19.8 Å². The van der Waals surface area contributed by atoms with Crippen molar-refractivity contribution in [1.82, 2.24) is 24.8 Å². The quantitative estimate of drug-likeness (QED) is 0.338. The summed E-state index contributed by atoms with van der Waals surface area (Å²) in [6.45, 7) is 3.91. The predicted octanol–water partition coefficient (Wildman–Crippen LogP) is 4.42. The predicted molar refractivity (Wildman–Crippen MR) is 142 cm³/mol. The summed E-state index contributed by atoms with van der Waals surface area (Å²) < 4.78 is 44.0. The van der Waals surface area contributed by atoms with E-state index >= 15 is 0 Å². The van der Waals surface area contributed by atoms with E-state index in [0.717, 1.165) is 31.7 Å². The molecule has 1 fully saturated rings. The van der Waals surface area contributed by atoms with Crippen molar-refractivity contribution in [2.45, 2.75) is 77.2 Å². The summed E-state index contributed by atoms with van der Waals surface area (Å²) in [6.07, 6.45) is 1.49. The molecule has 2 atom stereocenters. The number of nitrogens with two attached hydrogens (primary N) is 1. The zero-order chi connectivity index (χ0) is 28.8. The maximum absolute atomic E-state index is 14.2. The molecule has 3 heterocycles. The second-order valence-corrected chi connectivity index (χ2v) is 10.7. The van der Waals surface area contributed by atoms with Gasteiger partial charge in [-0.3, -0.25) is 9.59 Å². The lowest BCUT2D eigenvalue weighted by Gasteiger charge is -2.24. The molecule has 2 aliphatic rings. The van der Waals surface area contributed by atoms with Crippen LogP contribution < -0.4 is 11.1 Å². The average Bonchev–Trinajstić information content (AvgIpc) is 3.63. The molecular weight excluding hydrogens is 525 g/mol. The van der Waals surface area contributed by atoms with Crippen LogP contribution in [0.25, 0.3) is 16.9 Å². The number of aliphatic hydroxyl groups excluding tert-OH is 1. The number of benzene rings is 1. The fraction of sp³-hybridized carbons (Fsp3) is 0.500. The van der Waals surface area contributed by atoms with Crippen LogP contribution in [0.4, 0.5) is 19.0 Å². The van der Waals surface area contributed by atoms with Gasteiger partial charge in [-0.2, -0.15) is 13.2 Å². The lowest BCUT2D eigenvalue weighted by atomic mass is 9.97. The maximum atomic E-state index is 14.2. The van der Waals surface area contributed by atoms with Crippen molar-refractivity contribution in [3.8, 4) is 11.3 Å². The number of nitrogens with one attached hydrogen (secondary N) is 1. The van der Waals surface area contributed by atoms with E-state index in [9.17, 15) is 27.9 Å². The van der Waals surface area contributed by atoms with Crippen LogP contribution in [0, 0.1) is 5.92 Å². The topological polar surface area (TPSA) is 126 Å². The number of aromatic nitrogens is 3. The number of amides is 2. The number of halogens is 3. The molecule has 5 rings (SSSR count). The number of carbonyl (C=O) groups is 2. The number of unbranched alkanes of at least 4 members (excludes halogenated alkanes) is 1. The molecule has 1 saturated carbocycles. The Morgan fingerprint density at radius 1 is 1.27 bits per heavy atom. The van der Waals surface area contributed by atoms with Gasteiger partial charge < -0.3 is 21.1 Å². The molecule has 3 aromatic rings. The van der Waals surface area contributed by atoms with Gasteiger partial charge in [0.25, 0.3) is 11.8 Å². The minimum absolute atomic E-state index is 0.0121. The van der Waals surface area contributed by atoms with Crippen LogP contribution in [0.15, 0.2) is 24.4 Å². The second kappa shape index (κ2) is 10.7. The first kappa shape index (κ1) is 27.9. The lowest BCUT2D eigenvalue weighted by Crippen LogP contribution is -2.36. The van der Waals surface area contributed by atoms with Crippen LogP contribution in [0.5, 0.6) is 0 Å². The smallest absolute Gasteiger partial charge is 0.396 e. The van der Waals surface area contributed by atoms with Crippen LogP contribution in [-0.2, 0) is 12.7 Å². The van der Waals surface area contributed by atoms with Gasteiger partial charge in [0.2, 0.25) is 0 Å². The molecule has 0 saturated heterocycles. The standard InChI is InChI=1S/C28H33F3N6O3/c1-3-4-5-19(9-11-38)33-26(39)23-24(32)35-37-10-8-21(34-25(23)37)17-12-18-14-36(15(2)16-6-7-16)27(40)22(18)20(13-17)28(29,30)31/h8,10,12-13,15-16,19,38H,3-7,9,11,14H2,1-2H3,(H2,32,35)(H,33,39)/t15-,19?/m0/s1. The first-order chi connectivity index (χ1) is 19.0. The summed E-state index contributed by atoms with van der Waals surface area (Å²) >= 11 is 0. The number of anilines is 1. The van der Waals surface area contributed by atoms with Crippen LogP contribution in [0.3, 0.4) is 0 Å². The third-order valence-electron chi connectivity index (χ3n) is 7.89. The molecule has 0 spiro atoms. The van der Waals surface area contributed by atoms with Crippen molar-refractivity contribution in [2.24, 2.45) is 5.92 Å². The van der Waals surface area contributed by atoms with E-state index in [1.807, 2.05) is 13.8 Å². The molecule has 214 valence electrons. The van der Waals surface area contributed by atoms with Crippen molar-refractivity contribution in [1.29, 1.82) is 0 Å². The van der Waals surface area contributed by atoms with E-state index in [1.54, 1.807) is 6.07 Å². The summed E-state index contributed by atoms with van der Waals surface area (Å²) in [6, 6.07) is 3.60. The molecule has 40 heavy (non-hydrogen) atoms. The molecular formula is C28H33F3N6O3. The average molecular weight is 559 g/mol. The number of aliphatic hydroxyl groups is 1. The molecule has 0 bridgehead atoms. The fourth-order valence-corrected chi connectivity index (χ4v) is 5.49. The maximum Gasteiger partial charge on any atom is 0.417 e. The van der Waals surface area contributed by atoms with Gasteiger partial charge in [0, 0.05) is 37.0 Å². The Hall–Kier alpha value is -3.67. The van der Waals surface area contributed by atoms with E-state index in [1.165, 1.54) is 21.7 Å². The third-order valence-corrected chi connectivity index (χ3v) is 7.89. The highest BCUT2D eigenvalue weighted by Crippen LogP contribution is 2.43. The molecule has 1 aliphatic carbocycles. The van der Waals surface area contributed by atoms with Gasteiger partial charge in [-0.15, -0.1) is 5.10 Å². The number of hydrogen-bond donors (Lipinski definition) is 3. The fourth-order valence-electron chi connectivity index (χ4n) is 5.49. The van der Waals surface area contributed by atoms with Gasteiger partial charge in [0.1, 0.15) is 5.56 Å². The van der Waals surface area contributed by atoms with Gasteiger partial charge in [-0.25, -0.2) is 9.50 Å². The number of rotatable bonds is 10. The number of nitrogens with zero attached hydrogens (tertiary/aromatic N) is 4. The molecule has 9 nitrogen and oxygen atoms in total. The van der Waals surface area contributed by atoms with Crippen molar-refractivity contribution >= 4 is 23.3 Å². The van der Waals surface area contributed by atoms with E-state index in [0.29, 0.717) is 24.3 Å². The Kier molecular flexibility index (Phi) is 7.47. The minimum Gasteiger partial charge on any atom is -0.396 e. The minimum atomic E-state index is -4.75. The Morgan fingerprint density at radius 2 is 2.02 bits per heavy atom. The van der Waals surface area contributed by atoms with Crippen LogP contribution in [0.1, 0.15) is 84.2 Å². The summed E-state index contributed by atoms with van der Waals surface area (Å²) in [7, 11) is 0. The van der Waals surface area contributed by atoms with Crippen molar-refractivity contribution in [3.05, 3.63) is 46.6 Å². The molecule has 1 unspecified atom stereocenters. The largest absolute Gasteiger partial charge is 0.417 e. The summed E-state index contributed by atoms with van der Waals surface area (Å²) in [5, 5.41) is 16.4. The SMILES string of the molecule is CCCCC(CCO)NC(=O)c1c(N)nn2ccc(-c3cc4c(c(C(F)(F)F)c3)C(=O)N([C@@H](C)C3CC3)C4)nc12. The molecule has 2 aromatic heterocycles. The Labute approximate surface area is 229 Å². The highest BCUT2D eigenvalue weighted by molar-refractivity contribution is 6.04. The molecule has 2 amide bonds. The highest BCUT2D eigenvalue weighted by Gasteiger charge is 2.44. The molecule has 1 aliphatic heterocycles. The van der Waals surface area contributed by atoms with E-state index < -0.39 is 23.6 Å². The Balaban J connectivity index is 1.53. The van der Waals surface area contributed by atoms with Crippen molar-refractivity contribution in [3.63, 3.8) is 0 Å². The van der Waals surface area contributed by atoms with Crippen LogP contribution >= 0.6 is 0 Å².